The summed E-state index contributed by atoms with van der Waals surface area (Å²) in [6.45, 7) is 3.42. The molecule has 1 aliphatic carbocycles. The third-order valence-corrected chi connectivity index (χ3v) is 6.30. The number of nitrogens with one attached hydrogen (secondary N) is 1. The number of likely N-dealkylation sites (N-methyl/N-ethyl adjacent to an activating group) is 1. The smallest absolute Gasteiger partial charge is 0.246 e. The molecule has 2 aromatic carbocycles. The van der Waals surface area contributed by atoms with Crippen LogP contribution in [0, 0.1) is 0 Å². The maximum Gasteiger partial charge on any atom is 0.246 e. The summed E-state index contributed by atoms with van der Waals surface area (Å²) < 4.78 is 10.6. The van der Waals surface area contributed by atoms with E-state index < -0.39 is 0 Å². The summed E-state index contributed by atoms with van der Waals surface area (Å²) in [6.07, 6.45) is 0. The minimum absolute atomic E-state index is 0.0477. The van der Waals surface area contributed by atoms with Gasteiger partial charge in [-0.3, -0.25) is 14.4 Å². The summed E-state index contributed by atoms with van der Waals surface area (Å²) >= 11 is 0. The first-order valence-corrected chi connectivity index (χ1v) is 12.0. The molecule has 1 saturated heterocycles. The molecule has 1 heterocycles. The third-order valence-electron chi connectivity index (χ3n) is 6.30. The standard InChI is InChI=1S/C27H32N4O5/c1-29(2)24-25(27(34)22-7-5-4-6-21(22)26(24)33)31(14-15-35-3)23(32)18-28-19-8-10-20(11-9-19)30-12-16-36-17-13-30/h4-11,28H,12-18H2,1-3H3. The van der Waals surface area contributed by atoms with Crippen LogP contribution in [0.3, 0.4) is 0 Å². The number of Topliss-reactive ketones (excluding diaryl/α,β-unsaturated/α-hetero) is 2. The summed E-state index contributed by atoms with van der Waals surface area (Å²) in [6, 6.07) is 14.6. The van der Waals surface area contributed by atoms with Crippen molar-refractivity contribution in [1.82, 2.24) is 9.80 Å². The largest absolute Gasteiger partial charge is 0.383 e. The lowest BCUT2D eigenvalue weighted by atomic mass is 9.89. The first kappa shape index (κ1) is 25.4. The van der Waals surface area contributed by atoms with Gasteiger partial charge < -0.3 is 29.5 Å². The van der Waals surface area contributed by atoms with Gasteiger partial charge in [-0.15, -0.1) is 0 Å². The fourth-order valence-electron chi connectivity index (χ4n) is 4.44. The summed E-state index contributed by atoms with van der Waals surface area (Å²) in [5.74, 6) is -0.973. The number of benzene rings is 2. The van der Waals surface area contributed by atoms with Gasteiger partial charge in [-0.25, -0.2) is 0 Å². The van der Waals surface area contributed by atoms with Crippen LogP contribution in [0.2, 0.25) is 0 Å². The highest BCUT2D eigenvalue weighted by Gasteiger charge is 2.38. The quantitative estimate of drug-likeness (QED) is 0.570. The van der Waals surface area contributed by atoms with Gasteiger partial charge in [-0.1, -0.05) is 24.3 Å². The Kier molecular flexibility index (Phi) is 8.02. The Hall–Kier alpha value is -3.69. The lowest BCUT2D eigenvalue weighted by molar-refractivity contribution is -0.127. The van der Waals surface area contributed by atoms with E-state index in [2.05, 4.69) is 10.2 Å². The average molecular weight is 493 g/mol. The average Bonchev–Trinajstić information content (AvgIpc) is 2.91. The second-order valence-electron chi connectivity index (χ2n) is 8.83. The van der Waals surface area contributed by atoms with Crippen molar-refractivity contribution >= 4 is 28.8 Å². The zero-order valence-corrected chi connectivity index (χ0v) is 21.0. The van der Waals surface area contributed by atoms with Crippen LogP contribution in [0.15, 0.2) is 59.9 Å². The summed E-state index contributed by atoms with van der Waals surface area (Å²) in [4.78, 5) is 45.5. The van der Waals surface area contributed by atoms with Gasteiger partial charge in [-0.2, -0.15) is 0 Å². The van der Waals surface area contributed by atoms with Crippen LogP contribution in [0.5, 0.6) is 0 Å². The normalized spacial score (nSPS) is 15.6. The lowest BCUT2D eigenvalue weighted by Crippen LogP contribution is -2.44. The molecule has 0 bridgehead atoms. The molecular weight excluding hydrogens is 460 g/mol. The molecule has 0 radical (unpaired) electrons. The number of nitrogens with zero attached hydrogens (tertiary/aromatic N) is 3. The van der Waals surface area contributed by atoms with Gasteiger partial charge in [0.15, 0.2) is 0 Å². The molecule has 2 aromatic rings. The second kappa shape index (κ2) is 11.4. The van der Waals surface area contributed by atoms with Crippen LogP contribution in [-0.2, 0) is 14.3 Å². The Balaban J connectivity index is 1.56. The second-order valence-corrected chi connectivity index (χ2v) is 8.83. The molecule has 1 fully saturated rings. The number of allylic oxidation sites excluding steroid dienone is 2. The summed E-state index contributed by atoms with van der Waals surface area (Å²) in [7, 11) is 4.92. The molecule has 36 heavy (non-hydrogen) atoms. The van der Waals surface area contributed by atoms with E-state index in [-0.39, 0.29) is 48.6 Å². The SMILES string of the molecule is COCCN(C(=O)CNc1ccc(N2CCOCC2)cc1)C1=C(N(C)C)C(=O)c2ccccc2C1=O. The monoisotopic (exact) mass is 492 g/mol. The molecule has 0 saturated carbocycles. The van der Waals surface area contributed by atoms with Crippen LogP contribution >= 0.6 is 0 Å². The molecule has 1 N–H and O–H groups in total. The van der Waals surface area contributed by atoms with Gasteiger partial charge >= 0.3 is 0 Å². The predicted molar refractivity (Wildman–Crippen MR) is 137 cm³/mol. The zero-order valence-electron chi connectivity index (χ0n) is 21.0. The number of anilines is 2. The lowest BCUT2D eigenvalue weighted by Gasteiger charge is -2.32. The highest BCUT2D eigenvalue weighted by molar-refractivity contribution is 6.27. The number of hydrogen-bond donors (Lipinski definition) is 1. The number of amides is 1. The molecule has 1 amide bonds. The number of fused-ring (bicyclic) bond motifs is 1. The zero-order chi connectivity index (χ0) is 25.7. The topological polar surface area (TPSA) is 91.4 Å². The molecular formula is C27H32N4O5. The molecule has 9 nitrogen and oxygen atoms in total. The van der Waals surface area contributed by atoms with Crippen LogP contribution in [0.25, 0.3) is 0 Å². The fraction of sp³-hybridized carbons (Fsp3) is 0.370. The van der Waals surface area contributed by atoms with Gasteiger partial charge in [-0.05, 0) is 24.3 Å². The number of carbonyl (C=O) groups excluding carboxylic acids is 3. The van der Waals surface area contributed by atoms with E-state index in [0.29, 0.717) is 24.3 Å². The Morgan fingerprint density at radius 2 is 1.58 bits per heavy atom. The van der Waals surface area contributed by atoms with E-state index >= 15 is 0 Å². The fourth-order valence-corrected chi connectivity index (χ4v) is 4.44. The molecule has 0 atom stereocenters. The van der Waals surface area contributed by atoms with Gasteiger partial charge in [0.1, 0.15) is 11.4 Å². The Bertz CT molecular complexity index is 1150. The highest BCUT2D eigenvalue weighted by Crippen LogP contribution is 2.30. The van der Waals surface area contributed by atoms with Crippen molar-refractivity contribution in [2.24, 2.45) is 0 Å². The van der Waals surface area contributed by atoms with Crippen LogP contribution in [-0.4, -0.2) is 94.5 Å². The number of ether oxygens (including phenoxy) is 2. The Labute approximate surface area is 211 Å². The maximum atomic E-state index is 13.5. The van der Waals surface area contributed by atoms with E-state index in [1.807, 2.05) is 24.3 Å². The van der Waals surface area contributed by atoms with E-state index in [1.165, 1.54) is 12.0 Å². The maximum absolute atomic E-state index is 13.5. The van der Waals surface area contributed by atoms with Crippen molar-refractivity contribution in [3.8, 4) is 0 Å². The molecule has 1 aliphatic heterocycles. The van der Waals surface area contributed by atoms with Crippen molar-refractivity contribution in [2.45, 2.75) is 0 Å². The van der Waals surface area contributed by atoms with Gasteiger partial charge in [0.05, 0.1) is 26.4 Å². The van der Waals surface area contributed by atoms with Crippen LogP contribution in [0.1, 0.15) is 20.7 Å². The van der Waals surface area contributed by atoms with E-state index in [1.54, 1.807) is 43.3 Å². The van der Waals surface area contributed by atoms with Crippen LogP contribution in [0.4, 0.5) is 11.4 Å². The first-order valence-electron chi connectivity index (χ1n) is 12.0. The predicted octanol–water partition coefficient (Wildman–Crippen LogP) is 2.26. The van der Waals surface area contributed by atoms with Crippen molar-refractivity contribution < 1.29 is 23.9 Å². The van der Waals surface area contributed by atoms with Crippen molar-refractivity contribution in [1.29, 1.82) is 0 Å². The summed E-state index contributed by atoms with van der Waals surface area (Å²) in [5.41, 5.74) is 2.79. The minimum Gasteiger partial charge on any atom is -0.383 e. The Morgan fingerprint density at radius 1 is 0.972 bits per heavy atom. The molecule has 2 aliphatic rings. The number of rotatable bonds is 9. The third kappa shape index (κ3) is 5.27. The number of ketones is 2. The number of morpholine rings is 1. The van der Waals surface area contributed by atoms with Crippen molar-refractivity contribution in [2.75, 3.05) is 77.4 Å². The van der Waals surface area contributed by atoms with E-state index in [9.17, 15) is 14.4 Å². The number of hydrogen-bond acceptors (Lipinski definition) is 8. The van der Waals surface area contributed by atoms with Gasteiger partial charge in [0.25, 0.3) is 0 Å². The number of methoxy groups -OCH3 is 1. The molecule has 0 spiro atoms. The molecule has 0 unspecified atom stereocenters. The molecule has 9 heteroatoms. The Morgan fingerprint density at radius 3 is 2.17 bits per heavy atom. The van der Waals surface area contributed by atoms with E-state index in [0.717, 1.165) is 24.5 Å². The minimum atomic E-state index is -0.354. The number of carbonyl (C=O) groups is 3. The highest BCUT2D eigenvalue weighted by atomic mass is 16.5. The van der Waals surface area contributed by atoms with Crippen molar-refractivity contribution in [3.63, 3.8) is 0 Å². The molecule has 190 valence electrons. The van der Waals surface area contributed by atoms with Gasteiger partial charge in [0.2, 0.25) is 17.5 Å². The molecule has 4 rings (SSSR count). The van der Waals surface area contributed by atoms with Crippen LogP contribution < -0.4 is 10.2 Å². The first-order chi connectivity index (χ1) is 17.4. The van der Waals surface area contributed by atoms with E-state index in [4.69, 9.17) is 9.47 Å². The molecule has 0 aromatic heterocycles. The van der Waals surface area contributed by atoms with Crippen molar-refractivity contribution in [3.05, 3.63) is 71.1 Å². The summed E-state index contributed by atoms with van der Waals surface area (Å²) in [5, 5.41) is 3.15. The van der Waals surface area contributed by atoms with Gasteiger partial charge in [0, 0.05) is 63.3 Å².